The van der Waals surface area contributed by atoms with E-state index in [-0.39, 0.29) is 30.1 Å². The molecule has 0 saturated carbocycles. The average molecular weight is 383 g/mol. The van der Waals surface area contributed by atoms with Crippen molar-refractivity contribution in [2.75, 3.05) is 26.8 Å². The van der Waals surface area contributed by atoms with E-state index < -0.39 is 12.0 Å². The van der Waals surface area contributed by atoms with Gasteiger partial charge in [0.1, 0.15) is 12.8 Å². The smallest absolute Gasteiger partial charge is 0.197 e. The number of benzene rings is 1. The van der Waals surface area contributed by atoms with Gasteiger partial charge in [-0.3, -0.25) is 4.90 Å². The first-order valence-electron chi connectivity index (χ1n) is 9.77. The monoisotopic (exact) mass is 383 g/mol. The summed E-state index contributed by atoms with van der Waals surface area (Å²) in [5, 5.41) is 0. The van der Waals surface area contributed by atoms with Gasteiger partial charge in [0, 0.05) is 19.1 Å². The van der Waals surface area contributed by atoms with Gasteiger partial charge in [0.15, 0.2) is 17.3 Å². The summed E-state index contributed by atoms with van der Waals surface area (Å²) in [6.45, 7) is 9.05. The van der Waals surface area contributed by atoms with Crippen LogP contribution >= 0.6 is 0 Å². The fourth-order valence-corrected chi connectivity index (χ4v) is 4.16. The second-order valence-corrected chi connectivity index (χ2v) is 8.57. The summed E-state index contributed by atoms with van der Waals surface area (Å²) in [5.41, 5.74) is 1.47. The van der Waals surface area contributed by atoms with Gasteiger partial charge in [-0.2, -0.15) is 0 Å². The topological polar surface area (TPSA) is 30.9 Å². The Bertz CT molecular complexity index is 672. The molecule has 2 aliphatic rings. The van der Waals surface area contributed by atoms with Crippen molar-refractivity contribution in [3.8, 4) is 11.5 Å². The first-order valence-corrected chi connectivity index (χ1v) is 9.77. The number of piperidine rings is 1. The quantitative estimate of drug-likeness (QED) is 0.752. The number of hydrogen-bond acceptors (Lipinski definition) is 4. The fraction of sp³-hybridized carbons (Fsp3) is 0.714. The van der Waals surface area contributed by atoms with Crippen molar-refractivity contribution in [1.29, 1.82) is 0 Å². The molecular weight excluding hydrogens is 352 g/mol. The molecule has 152 valence electrons. The second kappa shape index (κ2) is 7.92. The van der Waals surface area contributed by atoms with Crippen molar-refractivity contribution in [1.82, 2.24) is 4.90 Å². The van der Waals surface area contributed by atoms with Gasteiger partial charge in [-0.1, -0.05) is 0 Å². The number of nitrogens with zero attached hydrogens (tertiary/aromatic N) is 1. The van der Waals surface area contributed by atoms with Crippen LogP contribution < -0.4 is 9.47 Å². The van der Waals surface area contributed by atoms with Gasteiger partial charge in [-0.25, -0.2) is 8.78 Å². The first kappa shape index (κ1) is 20.3. The number of methoxy groups -OCH3 is 1. The van der Waals surface area contributed by atoms with Gasteiger partial charge in [0.25, 0.3) is 0 Å². The molecule has 6 heteroatoms. The highest BCUT2D eigenvalue weighted by Crippen LogP contribution is 2.44. The van der Waals surface area contributed by atoms with E-state index in [0.29, 0.717) is 17.7 Å². The Labute approximate surface area is 160 Å². The highest BCUT2D eigenvalue weighted by Gasteiger charge is 2.37. The number of alkyl halides is 1. The Kier molecular flexibility index (Phi) is 5.96. The zero-order valence-corrected chi connectivity index (χ0v) is 17.0. The molecule has 0 aliphatic carbocycles. The van der Waals surface area contributed by atoms with Gasteiger partial charge in [-0.05, 0) is 64.2 Å². The van der Waals surface area contributed by atoms with Crippen molar-refractivity contribution in [2.45, 2.75) is 70.9 Å². The third-order valence-electron chi connectivity index (χ3n) is 5.17. The molecular formula is C21H31F2NO3. The largest absolute Gasteiger partial charge is 0.493 e. The lowest BCUT2D eigenvalue weighted by atomic mass is 9.85. The standard InChI is InChI=1S/C21H31F2NO3/c1-13(22)12-26-20-18(25-5)10-16-15(19(20)23)8-9-24-11-14(6-7-17(16)24)27-21(2,3)4/h10,13-14,17H,6-9,11-12H2,1-5H3. The van der Waals surface area contributed by atoms with Gasteiger partial charge >= 0.3 is 0 Å². The van der Waals surface area contributed by atoms with Crippen molar-refractivity contribution < 1.29 is 23.0 Å². The Morgan fingerprint density at radius 1 is 1.30 bits per heavy atom. The molecule has 27 heavy (non-hydrogen) atoms. The minimum absolute atomic E-state index is 0.0268. The van der Waals surface area contributed by atoms with E-state index in [1.54, 1.807) is 0 Å². The van der Waals surface area contributed by atoms with Crippen molar-refractivity contribution in [2.24, 2.45) is 0 Å². The molecule has 0 spiro atoms. The Balaban J connectivity index is 1.84. The highest BCUT2D eigenvalue weighted by molar-refractivity contribution is 5.51. The zero-order chi connectivity index (χ0) is 19.8. The van der Waals surface area contributed by atoms with E-state index in [4.69, 9.17) is 14.2 Å². The molecule has 2 aliphatic heterocycles. The van der Waals surface area contributed by atoms with E-state index in [2.05, 4.69) is 25.7 Å². The molecule has 3 atom stereocenters. The molecule has 0 aromatic heterocycles. The molecule has 1 aromatic carbocycles. The summed E-state index contributed by atoms with van der Waals surface area (Å²) in [5.74, 6) is -0.0431. The van der Waals surface area contributed by atoms with E-state index in [1.165, 1.54) is 14.0 Å². The maximum atomic E-state index is 15.1. The molecule has 2 heterocycles. The summed E-state index contributed by atoms with van der Waals surface area (Å²) in [4.78, 5) is 2.38. The summed E-state index contributed by atoms with van der Waals surface area (Å²) < 4.78 is 45.2. The van der Waals surface area contributed by atoms with Crippen molar-refractivity contribution in [3.63, 3.8) is 0 Å². The number of hydrogen-bond donors (Lipinski definition) is 0. The normalized spacial score (nSPS) is 24.1. The highest BCUT2D eigenvalue weighted by atomic mass is 19.1. The van der Waals surface area contributed by atoms with Crippen LogP contribution in [0.1, 0.15) is 57.7 Å². The van der Waals surface area contributed by atoms with Crippen LogP contribution in [0.15, 0.2) is 6.07 Å². The Morgan fingerprint density at radius 2 is 2.04 bits per heavy atom. The van der Waals surface area contributed by atoms with E-state index in [0.717, 1.165) is 31.5 Å². The SMILES string of the molecule is COc1cc2c(c(F)c1OCC(C)F)CCN1CC(OC(C)(C)C)CCC21. The van der Waals surface area contributed by atoms with Crippen LogP contribution in [-0.2, 0) is 11.2 Å². The molecule has 4 nitrogen and oxygen atoms in total. The third-order valence-corrected chi connectivity index (χ3v) is 5.17. The molecule has 0 bridgehead atoms. The van der Waals surface area contributed by atoms with Gasteiger partial charge in [0.2, 0.25) is 0 Å². The number of fused-ring (bicyclic) bond motifs is 3. The molecule has 0 N–H and O–H groups in total. The van der Waals surface area contributed by atoms with Gasteiger partial charge in [-0.15, -0.1) is 0 Å². The summed E-state index contributed by atoms with van der Waals surface area (Å²) in [6.07, 6.45) is 1.49. The molecule has 3 rings (SSSR count). The molecule has 1 fully saturated rings. The fourth-order valence-electron chi connectivity index (χ4n) is 4.16. The average Bonchev–Trinajstić information content (AvgIpc) is 2.58. The van der Waals surface area contributed by atoms with Crippen LogP contribution in [0.25, 0.3) is 0 Å². The lowest BCUT2D eigenvalue weighted by Crippen LogP contribution is -2.47. The van der Waals surface area contributed by atoms with E-state index in [9.17, 15) is 4.39 Å². The third kappa shape index (κ3) is 4.54. The van der Waals surface area contributed by atoms with Crippen molar-refractivity contribution >= 4 is 0 Å². The first-order chi connectivity index (χ1) is 12.7. The number of halogens is 2. The summed E-state index contributed by atoms with van der Waals surface area (Å²) in [6, 6.07) is 2.03. The maximum Gasteiger partial charge on any atom is 0.197 e. The Morgan fingerprint density at radius 3 is 2.67 bits per heavy atom. The van der Waals surface area contributed by atoms with Crippen LogP contribution in [0, 0.1) is 5.82 Å². The summed E-state index contributed by atoms with van der Waals surface area (Å²) in [7, 11) is 1.49. The Hall–Kier alpha value is -1.40. The second-order valence-electron chi connectivity index (χ2n) is 8.57. The molecule has 1 saturated heterocycles. The number of rotatable bonds is 5. The lowest BCUT2D eigenvalue weighted by Gasteiger charge is -2.45. The van der Waals surface area contributed by atoms with E-state index in [1.807, 2.05) is 6.07 Å². The van der Waals surface area contributed by atoms with Crippen LogP contribution in [-0.4, -0.2) is 49.6 Å². The van der Waals surface area contributed by atoms with Crippen molar-refractivity contribution in [3.05, 3.63) is 23.0 Å². The maximum absolute atomic E-state index is 15.1. The lowest BCUT2D eigenvalue weighted by molar-refractivity contribution is -0.0972. The van der Waals surface area contributed by atoms with Gasteiger partial charge < -0.3 is 14.2 Å². The van der Waals surface area contributed by atoms with Gasteiger partial charge in [0.05, 0.1) is 18.8 Å². The summed E-state index contributed by atoms with van der Waals surface area (Å²) >= 11 is 0. The molecule has 3 unspecified atom stereocenters. The molecule has 1 aromatic rings. The zero-order valence-electron chi connectivity index (χ0n) is 17.0. The predicted octanol–water partition coefficient (Wildman–Crippen LogP) is 4.45. The van der Waals surface area contributed by atoms with Crippen LogP contribution in [0.3, 0.4) is 0 Å². The van der Waals surface area contributed by atoms with Crippen LogP contribution in [0.2, 0.25) is 0 Å². The minimum Gasteiger partial charge on any atom is -0.493 e. The molecule has 0 radical (unpaired) electrons. The minimum atomic E-state index is -1.17. The molecule has 0 amide bonds. The van der Waals surface area contributed by atoms with Crippen LogP contribution in [0.4, 0.5) is 8.78 Å². The predicted molar refractivity (Wildman–Crippen MR) is 101 cm³/mol. The van der Waals surface area contributed by atoms with E-state index >= 15 is 4.39 Å². The number of ether oxygens (including phenoxy) is 3. The van der Waals surface area contributed by atoms with Crippen LogP contribution in [0.5, 0.6) is 11.5 Å².